The number of carbonyl (C=O) groups is 2. The van der Waals surface area contributed by atoms with E-state index < -0.39 is 0 Å². The van der Waals surface area contributed by atoms with Crippen molar-refractivity contribution in [2.24, 2.45) is 0 Å². The highest BCUT2D eigenvalue weighted by molar-refractivity contribution is 6.34. The largest absolute Gasteiger partial charge is 0.345 e. The van der Waals surface area contributed by atoms with E-state index >= 15 is 0 Å². The van der Waals surface area contributed by atoms with E-state index in [4.69, 9.17) is 11.6 Å². The number of pyridine rings is 1. The number of aromatic amines is 1. The van der Waals surface area contributed by atoms with Gasteiger partial charge < -0.3 is 15.6 Å². The summed E-state index contributed by atoms with van der Waals surface area (Å²) >= 11 is 6.04. The van der Waals surface area contributed by atoms with Crippen molar-refractivity contribution in [3.8, 4) is 0 Å². The van der Waals surface area contributed by atoms with Crippen molar-refractivity contribution in [3.05, 3.63) is 107 Å². The van der Waals surface area contributed by atoms with Crippen LogP contribution in [0.25, 0.3) is 11.0 Å². The van der Waals surface area contributed by atoms with Crippen LogP contribution in [0.2, 0.25) is 5.02 Å². The van der Waals surface area contributed by atoms with Crippen LogP contribution in [0.5, 0.6) is 0 Å². The Morgan fingerprint density at radius 1 is 0.882 bits per heavy atom. The maximum atomic E-state index is 13.1. The number of carbonyl (C=O) groups excluding carboxylic acids is 2. The van der Waals surface area contributed by atoms with Crippen LogP contribution >= 0.6 is 11.6 Å². The van der Waals surface area contributed by atoms with Gasteiger partial charge in [-0.2, -0.15) is 0 Å². The summed E-state index contributed by atoms with van der Waals surface area (Å²) in [6.07, 6.45) is 5.99. The van der Waals surface area contributed by atoms with Gasteiger partial charge in [0.25, 0.3) is 5.91 Å². The van der Waals surface area contributed by atoms with Crippen LogP contribution in [0.4, 0.5) is 17.2 Å². The Bertz CT molecular complexity index is 1500. The fourth-order valence-electron chi connectivity index (χ4n) is 3.51. The molecule has 0 radical (unpaired) electrons. The molecule has 0 aliphatic carbocycles. The van der Waals surface area contributed by atoms with E-state index in [0.29, 0.717) is 39.2 Å². The number of amides is 1. The van der Waals surface area contributed by atoms with Gasteiger partial charge >= 0.3 is 0 Å². The molecule has 0 saturated carbocycles. The van der Waals surface area contributed by atoms with Crippen LogP contribution in [0.1, 0.15) is 26.3 Å². The molecular weight excluding hydrogens is 452 g/mol. The molecule has 8 nitrogen and oxygen atoms in total. The first kappa shape index (κ1) is 21.3. The first-order valence-electron chi connectivity index (χ1n) is 10.3. The Hall–Kier alpha value is -4.56. The van der Waals surface area contributed by atoms with Crippen molar-refractivity contribution in [2.75, 3.05) is 10.6 Å². The second-order valence-electron chi connectivity index (χ2n) is 7.36. The highest BCUT2D eigenvalue weighted by atomic mass is 35.5. The van der Waals surface area contributed by atoms with Gasteiger partial charge in [-0.3, -0.25) is 14.6 Å². The standard InChI is InChI=1S/C25H17ClN6O2/c26-20-13-27-11-10-18(20)25(34)32-17-8-6-16(7-9-17)31-24-21-19(12-28-23(21)29-14-30-24)22(33)15-4-2-1-3-5-15/h1-14H,(H,32,34)(H2,28,29,30,31). The average Bonchev–Trinajstić information content (AvgIpc) is 3.31. The van der Waals surface area contributed by atoms with Gasteiger partial charge in [0.05, 0.1) is 21.5 Å². The predicted octanol–water partition coefficient (Wildman–Crippen LogP) is 5.23. The fourth-order valence-corrected chi connectivity index (χ4v) is 3.72. The number of anilines is 3. The molecule has 0 aliphatic rings. The zero-order valence-electron chi connectivity index (χ0n) is 17.6. The third-order valence-corrected chi connectivity index (χ3v) is 5.47. The third kappa shape index (κ3) is 4.22. The molecule has 2 aromatic carbocycles. The first-order valence-corrected chi connectivity index (χ1v) is 10.7. The lowest BCUT2D eigenvalue weighted by molar-refractivity contribution is 0.102. The number of H-pyrrole nitrogens is 1. The lowest BCUT2D eigenvalue weighted by Gasteiger charge is -2.10. The van der Waals surface area contributed by atoms with Crippen LogP contribution in [-0.4, -0.2) is 31.6 Å². The zero-order valence-corrected chi connectivity index (χ0v) is 18.4. The van der Waals surface area contributed by atoms with E-state index in [1.54, 1.807) is 48.7 Å². The molecule has 5 rings (SSSR count). The Morgan fingerprint density at radius 2 is 1.65 bits per heavy atom. The number of fused-ring (bicyclic) bond motifs is 1. The van der Waals surface area contributed by atoms with Gasteiger partial charge in [0, 0.05) is 35.5 Å². The number of nitrogens with one attached hydrogen (secondary N) is 3. The number of aromatic nitrogens is 4. The summed E-state index contributed by atoms with van der Waals surface area (Å²) in [7, 11) is 0. The molecule has 0 bridgehead atoms. The minimum absolute atomic E-state index is 0.127. The SMILES string of the molecule is O=C(Nc1ccc(Nc2ncnc3[nH]cc(C(=O)c4ccccc4)c23)cc1)c1ccncc1Cl. The Labute approximate surface area is 199 Å². The molecule has 5 aromatic rings. The summed E-state index contributed by atoms with van der Waals surface area (Å²) in [6.45, 7) is 0. The average molecular weight is 469 g/mol. The van der Waals surface area contributed by atoms with E-state index in [-0.39, 0.29) is 16.7 Å². The van der Waals surface area contributed by atoms with E-state index in [1.807, 2.05) is 18.2 Å². The van der Waals surface area contributed by atoms with Gasteiger partial charge in [-0.25, -0.2) is 9.97 Å². The number of rotatable bonds is 6. The summed E-state index contributed by atoms with van der Waals surface area (Å²) in [5.74, 6) is 0.0328. The van der Waals surface area contributed by atoms with Gasteiger partial charge in [-0.05, 0) is 30.3 Å². The molecule has 3 heterocycles. The van der Waals surface area contributed by atoms with Gasteiger partial charge in [0.2, 0.25) is 0 Å². The molecule has 9 heteroatoms. The molecule has 0 saturated heterocycles. The first-order chi connectivity index (χ1) is 16.6. The van der Waals surface area contributed by atoms with Crippen molar-refractivity contribution in [1.29, 1.82) is 0 Å². The Morgan fingerprint density at radius 3 is 2.41 bits per heavy atom. The van der Waals surface area contributed by atoms with Crippen LogP contribution in [0, 0.1) is 0 Å². The number of nitrogens with zero attached hydrogens (tertiary/aromatic N) is 3. The van der Waals surface area contributed by atoms with E-state index in [9.17, 15) is 9.59 Å². The number of hydrogen-bond donors (Lipinski definition) is 3. The number of ketones is 1. The second kappa shape index (κ2) is 9.13. The molecule has 0 unspecified atom stereocenters. The van der Waals surface area contributed by atoms with Crippen LogP contribution in [0.3, 0.4) is 0 Å². The van der Waals surface area contributed by atoms with Crippen molar-refractivity contribution >= 4 is 51.5 Å². The number of hydrogen-bond acceptors (Lipinski definition) is 6. The van der Waals surface area contributed by atoms with Gasteiger partial charge in [0.15, 0.2) is 5.78 Å². The summed E-state index contributed by atoms with van der Waals surface area (Å²) in [5.41, 5.74) is 3.26. The molecule has 0 fully saturated rings. The van der Waals surface area contributed by atoms with Crippen LogP contribution in [-0.2, 0) is 0 Å². The highest BCUT2D eigenvalue weighted by Crippen LogP contribution is 2.28. The number of halogens is 1. The van der Waals surface area contributed by atoms with Crippen molar-refractivity contribution in [2.45, 2.75) is 0 Å². The topological polar surface area (TPSA) is 113 Å². The molecule has 3 N–H and O–H groups in total. The van der Waals surface area contributed by atoms with Gasteiger partial charge in [-0.1, -0.05) is 41.9 Å². The Balaban J connectivity index is 1.38. The van der Waals surface area contributed by atoms with Crippen molar-refractivity contribution < 1.29 is 9.59 Å². The third-order valence-electron chi connectivity index (χ3n) is 5.17. The maximum absolute atomic E-state index is 13.1. The molecule has 34 heavy (non-hydrogen) atoms. The summed E-state index contributed by atoms with van der Waals surface area (Å²) in [4.78, 5) is 41.0. The van der Waals surface area contributed by atoms with Crippen molar-refractivity contribution in [3.63, 3.8) is 0 Å². The second-order valence-corrected chi connectivity index (χ2v) is 7.76. The molecule has 3 aromatic heterocycles. The van der Waals surface area contributed by atoms with E-state index in [1.165, 1.54) is 18.7 Å². The minimum atomic E-state index is -0.331. The molecule has 0 aliphatic heterocycles. The van der Waals surface area contributed by atoms with E-state index in [0.717, 1.165) is 5.69 Å². The summed E-state index contributed by atoms with van der Waals surface area (Å²) in [6, 6.07) is 17.7. The van der Waals surface area contributed by atoms with Gasteiger partial charge in [0.1, 0.15) is 17.8 Å². The summed E-state index contributed by atoms with van der Waals surface area (Å²) in [5, 5.41) is 6.91. The van der Waals surface area contributed by atoms with Crippen molar-refractivity contribution in [1.82, 2.24) is 19.9 Å². The molecule has 0 spiro atoms. The monoisotopic (exact) mass is 468 g/mol. The van der Waals surface area contributed by atoms with E-state index in [2.05, 4.69) is 30.6 Å². The normalized spacial score (nSPS) is 10.7. The maximum Gasteiger partial charge on any atom is 0.257 e. The lowest BCUT2D eigenvalue weighted by atomic mass is 10.0. The molecular formula is C25H17ClN6O2. The van der Waals surface area contributed by atoms with Crippen LogP contribution < -0.4 is 10.6 Å². The molecule has 166 valence electrons. The molecule has 1 amide bonds. The van der Waals surface area contributed by atoms with Gasteiger partial charge in [-0.15, -0.1) is 0 Å². The molecule has 0 atom stereocenters. The smallest absolute Gasteiger partial charge is 0.257 e. The summed E-state index contributed by atoms with van der Waals surface area (Å²) < 4.78 is 0. The highest BCUT2D eigenvalue weighted by Gasteiger charge is 2.18. The predicted molar refractivity (Wildman–Crippen MR) is 131 cm³/mol. The minimum Gasteiger partial charge on any atom is -0.345 e. The lowest BCUT2D eigenvalue weighted by Crippen LogP contribution is -2.12. The van der Waals surface area contributed by atoms with Crippen LogP contribution in [0.15, 0.2) is 85.6 Å². The fraction of sp³-hybridized carbons (Fsp3) is 0. The zero-order chi connectivity index (χ0) is 23.5. The quantitative estimate of drug-likeness (QED) is 0.294. The number of benzene rings is 2. The Kier molecular flexibility index (Phi) is 5.72.